The maximum Gasteiger partial charge on any atom is 0.407 e. The number of hydrogen-bond donors (Lipinski definition) is 2. The zero-order chi connectivity index (χ0) is 35.2. The first-order valence-electron chi connectivity index (χ1n) is 19.0. The highest BCUT2D eigenvalue weighted by atomic mass is 19.1. The zero-order valence-corrected chi connectivity index (χ0v) is 29.8. The number of carbonyl (C=O) groups is 4. The van der Waals surface area contributed by atoms with E-state index in [1.807, 2.05) is 33.7 Å². The second-order valence-corrected chi connectivity index (χ2v) is 16.5. The number of rotatable bonds is 8. The number of alkyl halides is 1. The molecule has 1 saturated heterocycles. The summed E-state index contributed by atoms with van der Waals surface area (Å²) in [5, 5.41) is 6.96. The van der Waals surface area contributed by atoms with Crippen LogP contribution >= 0.6 is 0 Å². The van der Waals surface area contributed by atoms with E-state index in [9.17, 15) is 23.6 Å². The number of esters is 1. The molecular formula is C39H53FN4O6. The summed E-state index contributed by atoms with van der Waals surface area (Å²) in [6, 6.07) is 6.73. The first-order valence-corrected chi connectivity index (χ1v) is 19.0. The zero-order valence-electron chi connectivity index (χ0n) is 29.8. The fourth-order valence-electron chi connectivity index (χ4n) is 9.63. The third-order valence-corrected chi connectivity index (χ3v) is 12.2. The highest BCUT2D eigenvalue weighted by Crippen LogP contribution is 2.48. The number of nitrogens with zero attached hydrogens (tertiary/aromatic N) is 2. The normalized spacial score (nSPS) is 27.0. The van der Waals surface area contributed by atoms with Crippen LogP contribution in [0.25, 0.3) is 10.9 Å². The molecule has 1 aromatic heterocycles. The molecule has 50 heavy (non-hydrogen) atoms. The van der Waals surface area contributed by atoms with Gasteiger partial charge in [0.15, 0.2) is 5.72 Å². The molecule has 0 unspecified atom stereocenters. The van der Waals surface area contributed by atoms with Crippen LogP contribution < -0.4 is 10.6 Å². The van der Waals surface area contributed by atoms with Gasteiger partial charge in [0.1, 0.15) is 17.3 Å². The predicted molar refractivity (Wildman–Crippen MR) is 187 cm³/mol. The van der Waals surface area contributed by atoms with E-state index < -0.39 is 30.1 Å². The Bertz CT molecular complexity index is 1610. The van der Waals surface area contributed by atoms with E-state index in [0.29, 0.717) is 49.5 Å². The molecule has 3 aliphatic carbocycles. The van der Waals surface area contributed by atoms with Gasteiger partial charge in [0, 0.05) is 42.4 Å². The van der Waals surface area contributed by atoms with Crippen molar-refractivity contribution in [2.75, 3.05) is 18.5 Å². The average Bonchev–Trinajstić information content (AvgIpc) is 3.76. The van der Waals surface area contributed by atoms with Gasteiger partial charge in [-0.1, -0.05) is 32.1 Å². The van der Waals surface area contributed by atoms with E-state index in [0.717, 1.165) is 62.3 Å². The minimum Gasteiger partial charge on any atom is -0.444 e. The summed E-state index contributed by atoms with van der Waals surface area (Å²) >= 11 is 0. The lowest BCUT2D eigenvalue weighted by molar-refractivity contribution is -0.142. The van der Waals surface area contributed by atoms with E-state index >= 15 is 0 Å². The highest BCUT2D eigenvalue weighted by Gasteiger charge is 2.51. The topological polar surface area (TPSA) is 119 Å². The number of hydrogen-bond acceptors (Lipinski definition) is 6. The number of aromatic nitrogens is 1. The first kappa shape index (κ1) is 34.8. The van der Waals surface area contributed by atoms with Crippen molar-refractivity contribution < 1.29 is 33.0 Å². The van der Waals surface area contributed by atoms with Gasteiger partial charge in [-0.25, -0.2) is 9.59 Å². The van der Waals surface area contributed by atoms with Crippen molar-refractivity contribution in [1.29, 1.82) is 0 Å². The van der Waals surface area contributed by atoms with Gasteiger partial charge in [0.05, 0.1) is 12.2 Å². The number of halogens is 1. The number of ether oxygens (including phenoxy) is 2. The standard InChI is InChI=1S/C39H53FN4O6/c1-38(2,3)50-37(48)42-30(16-20-40)25-10-12-26(13-11-25)35(46)43-21-17-29(24-8-5-4-6-9-24)33(43)34(45)41-28-14-15-31-27(22-28)23-32-36(47)49-39(44(31)32)18-7-19-39/h14-15,22-26,29-30,33H,4-13,16-21H2,1-3H3,(H,41,45)(H,42,48)/t25?,26?,29-,30+,33-/m0/s1. The molecule has 272 valence electrons. The van der Waals surface area contributed by atoms with Crippen LogP contribution in [0, 0.1) is 23.7 Å². The molecule has 3 heterocycles. The maximum absolute atomic E-state index is 14.3. The van der Waals surface area contributed by atoms with Crippen molar-refractivity contribution in [2.45, 2.75) is 134 Å². The van der Waals surface area contributed by atoms with Crippen LogP contribution in [0.2, 0.25) is 0 Å². The lowest BCUT2D eigenvalue weighted by Gasteiger charge is -2.38. The number of likely N-dealkylation sites (tertiary alicyclic amines) is 1. The van der Waals surface area contributed by atoms with E-state index in [-0.39, 0.29) is 48.0 Å². The fourth-order valence-corrected chi connectivity index (χ4v) is 9.63. The Balaban J connectivity index is 1.05. The fraction of sp³-hybridized carbons (Fsp3) is 0.692. The van der Waals surface area contributed by atoms with Crippen LogP contribution in [0.3, 0.4) is 0 Å². The molecule has 2 N–H and O–H groups in total. The Morgan fingerprint density at radius 2 is 1.74 bits per heavy atom. The number of benzene rings is 1. The van der Waals surface area contributed by atoms with Crippen molar-refractivity contribution in [2.24, 2.45) is 23.7 Å². The number of alkyl carbamates (subject to hydrolysis) is 1. The van der Waals surface area contributed by atoms with Gasteiger partial charge < -0.3 is 25.0 Å². The molecule has 11 heteroatoms. The van der Waals surface area contributed by atoms with Crippen LogP contribution in [0.15, 0.2) is 24.3 Å². The van der Waals surface area contributed by atoms with Crippen LogP contribution in [-0.4, -0.2) is 64.2 Å². The molecule has 2 aliphatic heterocycles. The van der Waals surface area contributed by atoms with E-state index in [2.05, 4.69) is 10.6 Å². The molecule has 3 saturated carbocycles. The summed E-state index contributed by atoms with van der Waals surface area (Å²) in [5.74, 6) is -0.0427. The Labute approximate surface area is 294 Å². The van der Waals surface area contributed by atoms with Gasteiger partial charge in [-0.15, -0.1) is 0 Å². The Kier molecular flexibility index (Phi) is 9.62. The van der Waals surface area contributed by atoms with Crippen LogP contribution in [-0.2, 0) is 24.8 Å². The number of nitrogens with one attached hydrogen (secondary N) is 2. The molecule has 5 aliphatic rings. The monoisotopic (exact) mass is 692 g/mol. The molecule has 2 aromatic rings. The van der Waals surface area contributed by atoms with Gasteiger partial charge in [-0.3, -0.25) is 18.5 Å². The van der Waals surface area contributed by atoms with Crippen molar-refractivity contribution in [3.8, 4) is 0 Å². The summed E-state index contributed by atoms with van der Waals surface area (Å²) in [7, 11) is 0. The molecule has 10 nitrogen and oxygen atoms in total. The van der Waals surface area contributed by atoms with Crippen LogP contribution in [0.5, 0.6) is 0 Å². The van der Waals surface area contributed by atoms with Gasteiger partial charge in [-0.05, 0) is 108 Å². The Hall–Kier alpha value is -3.63. The lowest BCUT2D eigenvalue weighted by Crippen LogP contribution is -2.50. The van der Waals surface area contributed by atoms with Crippen molar-refractivity contribution in [3.05, 3.63) is 30.0 Å². The summed E-state index contributed by atoms with van der Waals surface area (Å²) in [4.78, 5) is 55.6. The smallest absolute Gasteiger partial charge is 0.407 e. The summed E-state index contributed by atoms with van der Waals surface area (Å²) < 4.78 is 26.7. The maximum atomic E-state index is 14.3. The van der Waals surface area contributed by atoms with E-state index in [1.54, 1.807) is 20.8 Å². The van der Waals surface area contributed by atoms with Crippen molar-refractivity contribution in [3.63, 3.8) is 0 Å². The molecule has 0 radical (unpaired) electrons. The first-order chi connectivity index (χ1) is 24.0. The van der Waals surface area contributed by atoms with E-state index in [4.69, 9.17) is 9.47 Å². The Morgan fingerprint density at radius 1 is 1.00 bits per heavy atom. The minimum atomic E-state index is -0.646. The van der Waals surface area contributed by atoms with Gasteiger partial charge in [0.25, 0.3) is 0 Å². The predicted octanol–water partition coefficient (Wildman–Crippen LogP) is 7.44. The van der Waals surface area contributed by atoms with Gasteiger partial charge in [-0.2, -0.15) is 0 Å². The number of carbonyl (C=O) groups excluding carboxylic acids is 4. The third kappa shape index (κ3) is 6.73. The summed E-state index contributed by atoms with van der Waals surface area (Å²) in [6.07, 6.45) is 11.5. The highest BCUT2D eigenvalue weighted by molar-refractivity contribution is 6.02. The third-order valence-electron chi connectivity index (χ3n) is 12.2. The molecule has 3 atom stereocenters. The SMILES string of the molecule is CC(C)(C)OC(=O)N[C@H](CCF)C1CCC(C(=O)N2CC[C@@H](C3CCCCC3)[C@H]2C(=O)Nc2ccc3c(c2)cc2n3C3(CCC3)OC2=O)CC1. The van der Waals surface area contributed by atoms with Crippen LogP contribution in [0.4, 0.5) is 14.9 Å². The molecule has 4 fully saturated rings. The van der Waals surface area contributed by atoms with E-state index in [1.165, 1.54) is 6.42 Å². The molecule has 3 amide bonds. The van der Waals surface area contributed by atoms with Crippen molar-refractivity contribution >= 4 is 40.5 Å². The number of fused-ring (bicyclic) bond motifs is 4. The average molecular weight is 693 g/mol. The number of amides is 3. The second kappa shape index (κ2) is 13.8. The molecule has 1 aromatic carbocycles. The quantitative estimate of drug-likeness (QED) is 0.278. The second-order valence-electron chi connectivity index (χ2n) is 16.5. The van der Waals surface area contributed by atoms with Crippen LogP contribution in [0.1, 0.15) is 121 Å². The van der Waals surface area contributed by atoms with Gasteiger partial charge >= 0.3 is 12.1 Å². The van der Waals surface area contributed by atoms with Gasteiger partial charge in [0.2, 0.25) is 11.8 Å². The largest absolute Gasteiger partial charge is 0.444 e. The molecular weight excluding hydrogens is 639 g/mol. The molecule has 0 bridgehead atoms. The minimum absolute atomic E-state index is 0.0349. The summed E-state index contributed by atoms with van der Waals surface area (Å²) in [5.41, 5.74) is 0.915. The lowest BCUT2D eigenvalue weighted by atomic mass is 9.75. The van der Waals surface area contributed by atoms with Crippen molar-refractivity contribution in [1.82, 2.24) is 14.8 Å². The molecule has 7 rings (SSSR count). The Morgan fingerprint density at radius 3 is 2.40 bits per heavy atom. The molecule has 1 spiro atoms. The number of anilines is 1. The summed E-state index contributed by atoms with van der Waals surface area (Å²) in [6.45, 7) is 5.42.